The first-order valence-electron chi connectivity index (χ1n) is 8.57. The Kier molecular flexibility index (Phi) is 4.80. The molecule has 0 aliphatic carbocycles. The van der Waals surface area contributed by atoms with Crippen LogP contribution in [0.25, 0.3) is 10.2 Å². The van der Waals surface area contributed by atoms with Crippen LogP contribution in [0.1, 0.15) is 20.9 Å². The molecule has 5 nitrogen and oxygen atoms in total. The molecule has 0 spiro atoms. The number of carbonyl (C=O) groups excluding carboxylic acids is 1. The van der Waals surface area contributed by atoms with Gasteiger partial charge < -0.3 is 9.88 Å². The summed E-state index contributed by atoms with van der Waals surface area (Å²) in [4.78, 5) is 29.7. The van der Waals surface area contributed by atoms with E-state index in [9.17, 15) is 9.59 Å². The second kappa shape index (κ2) is 7.55. The molecule has 0 saturated heterocycles. The van der Waals surface area contributed by atoms with Gasteiger partial charge >= 0.3 is 0 Å². The van der Waals surface area contributed by atoms with E-state index in [2.05, 4.69) is 10.3 Å². The standard InChI is InChI=1S/C21H17N3O2S/c25-20(22-13-19-23-17-10-4-5-11-18(17)27-19)16-9-6-12-24(21(16)26)14-15-7-2-1-3-8-15/h1-12H,13-14H2,(H,22,25). The van der Waals surface area contributed by atoms with Gasteiger partial charge in [0.05, 0.1) is 23.3 Å². The second-order valence-corrected chi connectivity index (χ2v) is 7.21. The number of fused-ring (bicyclic) bond motifs is 1. The normalized spacial score (nSPS) is 10.8. The molecule has 2 aromatic carbocycles. The molecule has 4 aromatic rings. The molecule has 0 bridgehead atoms. The number of para-hydroxylation sites is 1. The van der Waals surface area contributed by atoms with Crippen LogP contribution in [0, 0.1) is 0 Å². The number of rotatable bonds is 5. The quantitative estimate of drug-likeness (QED) is 0.581. The van der Waals surface area contributed by atoms with Crippen molar-refractivity contribution in [3.8, 4) is 0 Å². The molecule has 0 fully saturated rings. The largest absolute Gasteiger partial charge is 0.345 e. The number of pyridine rings is 1. The molecule has 0 saturated carbocycles. The molecule has 2 aromatic heterocycles. The highest BCUT2D eigenvalue weighted by molar-refractivity contribution is 7.18. The zero-order chi connectivity index (χ0) is 18.6. The van der Waals surface area contributed by atoms with Crippen LogP contribution in [0.5, 0.6) is 0 Å². The van der Waals surface area contributed by atoms with E-state index < -0.39 is 0 Å². The molecule has 0 unspecified atom stereocenters. The number of nitrogens with zero attached hydrogens (tertiary/aromatic N) is 2. The highest BCUT2D eigenvalue weighted by atomic mass is 32.1. The molecule has 134 valence electrons. The SMILES string of the molecule is O=C(NCc1nc2ccccc2s1)c1cccn(Cc2ccccc2)c1=O. The lowest BCUT2D eigenvalue weighted by Crippen LogP contribution is -2.32. The van der Waals surface area contributed by atoms with Crippen molar-refractivity contribution in [3.05, 3.63) is 99.4 Å². The topological polar surface area (TPSA) is 64.0 Å². The number of nitrogens with one attached hydrogen (secondary N) is 1. The molecule has 6 heteroatoms. The molecule has 0 radical (unpaired) electrons. The molecule has 1 amide bonds. The minimum atomic E-state index is -0.387. The molecular weight excluding hydrogens is 358 g/mol. The summed E-state index contributed by atoms with van der Waals surface area (Å²) in [7, 11) is 0. The lowest BCUT2D eigenvalue weighted by Gasteiger charge is -2.08. The van der Waals surface area contributed by atoms with Gasteiger partial charge in [-0.2, -0.15) is 0 Å². The maximum atomic E-state index is 12.7. The van der Waals surface area contributed by atoms with E-state index in [0.29, 0.717) is 13.1 Å². The number of aromatic nitrogens is 2. The molecule has 2 heterocycles. The first-order chi connectivity index (χ1) is 13.2. The summed E-state index contributed by atoms with van der Waals surface area (Å²) in [5.41, 5.74) is 1.75. The summed E-state index contributed by atoms with van der Waals surface area (Å²) in [6.07, 6.45) is 1.69. The summed E-state index contributed by atoms with van der Waals surface area (Å²) < 4.78 is 2.62. The number of carbonyl (C=O) groups is 1. The zero-order valence-electron chi connectivity index (χ0n) is 14.5. The van der Waals surface area contributed by atoms with E-state index in [4.69, 9.17) is 0 Å². The summed E-state index contributed by atoms with van der Waals surface area (Å²) >= 11 is 1.53. The number of amides is 1. The van der Waals surface area contributed by atoms with Crippen molar-refractivity contribution in [3.63, 3.8) is 0 Å². The van der Waals surface area contributed by atoms with Crippen LogP contribution in [-0.2, 0) is 13.1 Å². The van der Waals surface area contributed by atoms with Gasteiger partial charge in [-0.25, -0.2) is 4.98 Å². The lowest BCUT2D eigenvalue weighted by atomic mass is 10.2. The van der Waals surface area contributed by atoms with Crippen molar-refractivity contribution in [1.82, 2.24) is 14.9 Å². The third-order valence-electron chi connectivity index (χ3n) is 4.20. The minimum Gasteiger partial charge on any atom is -0.345 e. The van der Waals surface area contributed by atoms with Crippen molar-refractivity contribution in [2.24, 2.45) is 0 Å². The van der Waals surface area contributed by atoms with Gasteiger partial charge in [0.2, 0.25) is 0 Å². The van der Waals surface area contributed by atoms with Crippen LogP contribution >= 0.6 is 11.3 Å². The fraction of sp³-hybridized carbons (Fsp3) is 0.0952. The van der Waals surface area contributed by atoms with E-state index in [-0.39, 0.29) is 17.0 Å². The smallest absolute Gasteiger partial charge is 0.263 e. The van der Waals surface area contributed by atoms with Gasteiger partial charge in [-0.1, -0.05) is 42.5 Å². The number of benzene rings is 2. The molecule has 1 N–H and O–H groups in total. The molecule has 27 heavy (non-hydrogen) atoms. The monoisotopic (exact) mass is 375 g/mol. The average molecular weight is 375 g/mol. The first kappa shape index (κ1) is 17.2. The van der Waals surface area contributed by atoms with Crippen molar-refractivity contribution in [2.75, 3.05) is 0 Å². The summed E-state index contributed by atoms with van der Waals surface area (Å²) in [6, 6.07) is 20.8. The van der Waals surface area contributed by atoms with Gasteiger partial charge in [0.25, 0.3) is 11.5 Å². The van der Waals surface area contributed by atoms with E-state index in [1.54, 1.807) is 22.9 Å². The van der Waals surface area contributed by atoms with Crippen molar-refractivity contribution < 1.29 is 4.79 Å². The summed E-state index contributed by atoms with van der Waals surface area (Å²) in [6.45, 7) is 0.726. The van der Waals surface area contributed by atoms with Gasteiger partial charge in [-0.05, 0) is 29.8 Å². The van der Waals surface area contributed by atoms with Gasteiger partial charge in [0, 0.05) is 6.20 Å². The fourth-order valence-corrected chi connectivity index (χ4v) is 3.77. The maximum Gasteiger partial charge on any atom is 0.263 e. The number of hydrogen-bond acceptors (Lipinski definition) is 4. The zero-order valence-corrected chi connectivity index (χ0v) is 15.3. The summed E-state index contributed by atoms with van der Waals surface area (Å²) in [5.74, 6) is -0.387. The number of thiazole rings is 1. The highest BCUT2D eigenvalue weighted by Crippen LogP contribution is 2.21. The summed E-state index contributed by atoms with van der Waals surface area (Å²) in [5, 5.41) is 3.61. The first-order valence-corrected chi connectivity index (χ1v) is 9.38. The fourth-order valence-electron chi connectivity index (χ4n) is 2.86. The Morgan fingerprint density at radius 2 is 1.78 bits per heavy atom. The van der Waals surface area contributed by atoms with Crippen LogP contribution < -0.4 is 10.9 Å². The Morgan fingerprint density at radius 3 is 2.59 bits per heavy atom. The van der Waals surface area contributed by atoms with Gasteiger partial charge in [-0.15, -0.1) is 11.3 Å². The van der Waals surface area contributed by atoms with Crippen LogP contribution in [0.15, 0.2) is 77.7 Å². The van der Waals surface area contributed by atoms with Crippen LogP contribution in [-0.4, -0.2) is 15.5 Å². The van der Waals surface area contributed by atoms with Crippen molar-refractivity contribution in [2.45, 2.75) is 13.1 Å². The van der Waals surface area contributed by atoms with E-state index in [1.807, 2.05) is 54.6 Å². The van der Waals surface area contributed by atoms with Crippen molar-refractivity contribution in [1.29, 1.82) is 0 Å². The molecule has 4 rings (SSSR count). The van der Waals surface area contributed by atoms with Gasteiger partial charge in [-0.3, -0.25) is 9.59 Å². The van der Waals surface area contributed by atoms with E-state index >= 15 is 0 Å². The predicted molar refractivity (Wildman–Crippen MR) is 107 cm³/mol. The lowest BCUT2D eigenvalue weighted by molar-refractivity contribution is 0.0949. The Labute approximate surface area is 159 Å². The molecule has 0 atom stereocenters. The van der Waals surface area contributed by atoms with Crippen molar-refractivity contribution >= 4 is 27.5 Å². The molecule has 0 aliphatic rings. The Balaban J connectivity index is 1.50. The van der Waals surface area contributed by atoms with E-state index in [1.165, 1.54) is 11.3 Å². The molecule has 0 aliphatic heterocycles. The highest BCUT2D eigenvalue weighted by Gasteiger charge is 2.13. The van der Waals surface area contributed by atoms with Crippen LogP contribution in [0.3, 0.4) is 0 Å². The maximum absolute atomic E-state index is 12.7. The average Bonchev–Trinajstić information content (AvgIpc) is 3.11. The van der Waals surface area contributed by atoms with Gasteiger partial charge in [0.1, 0.15) is 10.6 Å². The minimum absolute atomic E-state index is 0.134. The predicted octanol–water partition coefficient (Wildman–Crippen LogP) is 3.44. The van der Waals surface area contributed by atoms with Crippen LogP contribution in [0.2, 0.25) is 0 Å². The van der Waals surface area contributed by atoms with E-state index in [0.717, 1.165) is 20.8 Å². The Morgan fingerprint density at radius 1 is 1.00 bits per heavy atom. The Hall–Kier alpha value is -3.25. The third-order valence-corrected chi connectivity index (χ3v) is 5.24. The second-order valence-electron chi connectivity index (χ2n) is 6.10. The molecular formula is C21H17N3O2S. The van der Waals surface area contributed by atoms with Gasteiger partial charge in [0.15, 0.2) is 0 Å². The Bertz CT molecular complexity index is 1120. The third kappa shape index (κ3) is 3.80. The number of hydrogen-bond donors (Lipinski definition) is 1. The van der Waals surface area contributed by atoms with Crippen LogP contribution in [0.4, 0.5) is 0 Å².